The smallest absolute Gasteiger partial charge is 0.127 e. The molecule has 0 saturated carbocycles. The van der Waals surface area contributed by atoms with Crippen LogP contribution in [0.5, 0.6) is 0 Å². The molecule has 1 aromatic rings. The van der Waals surface area contributed by atoms with Gasteiger partial charge in [-0.05, 0) is 30.4 Å². The number of rotatable bonds is 7. The predicted octanol–water partition coefficient (Wildman–Crippen LogP) is 3.12. The number of benzene rings is 1. The van der Waals surface area contributed by atoms with Gasteiger partial charge in [0.2, 0.25) is 0 Å². The number of ether oxygens (including phenoxy) is 1. The Labute approximate surface area is 115 Å². The number of hydrogen-bond acceptors (Lipinski definition) is 2. The summed E-state index contributed by atoms with van der Waals surface area (Å²) in [5, 5.41) is 3.26. The highest BCUT2D eigenvalue weighted by Crippen LogP contribution is 2.33. The van der Waals surface area contributed by atoms with Crippen molar-refractivity contribution < 1.29 is 9.13 Å². The van der Waals surface area contributed by atoms with Crippen molar-refractivity contribution in [2.75, 3.05) is 26.3 Å². The Morgan fingerprint density at radius 3 is 2.58 bits per heavy atom. The van der Waals surface area contributed by atoms with Crippen LogP contribution in [0, 0.1) is 11.7 Å². The Bertz CT molecular complexity index is 401. The molecule has 2 nitrogen and oxygen atoms in total. The molecule has 0 unspecified atom stereocenters. The average Bonchev–Trinajstić information content (AvgIpc) is 2.33. The van der Waals surface area contributed by atoms with Gasteiger partial charge in [-0.15, -0.1) is 0 Å². The Hall–Kier alpha value is -0.930. The molecule has 0 bridgehead atoms. The van der Waals surface area contributed by atoms with Crippen LogP contribution in [-0.2, 0) is 10.2 Å². The zero-order valence-corrected chi connectivity index (χ0v) is 11.9. The zero-order chi connectivity index (χ0) is 13.7. The monoisotopic (exact) mass is 265 g/mol. The second-order valence-electron chi connectivity index (χ2n) is 5.91. The SMILES string of the molecule is CC(C)CCOCCC1(c2ccccc2F)CNC1. The van der Waals surface area contributed by atoms with Gasteiger partial charge in [0.25, 0.3) is 0 Å². The van der Waals surface area contributed by atoms with E-state index in [0.717, 1.165) is 38.1 Å². The van der Waals surface area contributed by atoms with Gasteiger partial charge in [0.1, 0.15) is 5.82 Å². The van der Waals surface area contributed by atoms with Gasteiger partial charge < -0.3 is 10.1 Å². The third-order valence-electron chi connectivity index (χ3n) is 3.94. The largest absolute Gasteiger partial charge is 0.381 e. The van der Waals surface area contributed by atoms with Crippen LogP contribution in [-0.4, -0.2) is 26.3 Å². The Balaban J connectivity index is 1.87. The summed E-state index contributed by atoms with van der Waals surface area (Å²) in [5.74, 6) is 0.581. The average molecular weight is 265 g/mol. The Morgan fingerprint density at radius 1 is 1.26 bits per heavy atom. The molecule has 1 aromatic carbocycles. The molecule has 0 aliphatic carbocycles. The lowest BCUT2D eigenvalue weighted by atomic mass is 9.72. The molecule has 0 aromatic heterocycles. The predicted molar refractivity (Wildman–Crippen MR) is 75.8 cm³/mol. The molecule has 0 amide bonds. The van der Waals surface area contributed by atoms with E-state index in [0.29, 0.717) is 12.5 Å². The van der Waals surface area contributed by atoms with Crippen molar-refractivity contribution in [3.63, 3.8) is 0 Å². The lowest BCUT2D eigenvalue weighted by Crippen LogP contribution is -2.57. The van der Waals surface area contributed by atoms with Crippen molar-refractivity contribution >= 4 is 0 Å². The highest BCUT2D eigenvalue weighted by Gasteiger charge is 2.39. The van der Waals surface area contributed by atoms with Gasteiger partial charge in [-0.3, -0.25) is 0 Å². The minimum absolute atomic E-state index is 0.0663. The Morgan fingerprint density at radius 2 is 2.00 bits per heavy atom. The van der Waals surface area contributed by atoms with E-state index in [1.54, 1.807) is 12.1 Å². The van der Waals surface area contributed by atoms with Gasteiger partial charge in [-0.2, -0.15) is 0 Å². The first-order chi connectivity index (χ1) is 9.14. The molecule has 1 aliphatic heterocycles. The first kappa shape index (κ1) is 14.5. The topological polar surface area (TPSA) is 21.3 Å². The molecule has 1 saturated heterocycles. The standard InChI is InChI=1S/C16H24FNO/c1-13(2)7-9-19-10-8-16(11-18-12-16)14-5-3-4-6-15(14)17/h3-6,13,18H,7-12H2,1-2H3. The van der Waals surface area contributed by atoms with Crippen molar-refractivity contribution in [2.45, 2.75) is 32.1 Å². The Kier molecular flexibility index (Phi) is 4.94. The molecule has 19 heavy (non-hydrogen) atoms. The maximum absolute atomic E-state index is 13.9. The maximum atomic E-state index is 13.9. The van der Waals surface area contributed by atoms with E-state index in [1.807, 2.05) is 12.1 Å². The third kappa shape index (κ3) is 3.54. The quantitative estimate of drug-likeness (QED) is 0.765. The van der Waals surface area contributed by atoms with Crippen LogP contribution in [0.3, 0.4) is 0 Å². The zero-order valence-electron chi connectivity index (χ0n) is 11.9. The van der Waals surface area contributed by atoms with Crippen LogP contribution in [0.4, 0.5) is 4.39 Å². The van der Waals surface area contributed by atoms with Crippen LogP contribution in [0.25, 0.3) is 0 Å². The summed E-state index contributed by atoms with van der Waals surface area (Å²) in [7, 11) is 0. The maximum Gasteiger partial charge on any atom is 0.127 e. The van der Waals surface area contributed by atoms with E-state index in [-0.39, 0.29) is 11.2 Å². The molecular weight excluding hydrogens is 241 g/mol. The lowest BCUT2D eigenvalue weighted by Gasteiger charge is -2.43. The van der Waals surface area contributed by atoms with E-state index < -0.39 is 0 Å². The summed E-state index contributed by atoms with van der Waals surface area (Å²) in [6.45, 7) is 7.60. The van der Waals surface area contributed by atoms with Crippen molar-refractivity contribution in [2.24, 2.45) is 5.92 Å². The van der Waals surface area contributed by atoms with E-state index in [9.17, 15) is 4.39 Å². The summed E-state index contributed by atoms with van der Waals surface area (Å²) in [6.07, 6.45) is 1.98. The number of nitrogens with one attached hydrogen (secondary N) is 1. The third-order valence-corrected chi connectivity index (χ3v) is 3.94. The highest BCUT2D eigenvalue weighted by atomic mass is 19.1. The van der Waals surface area contributed by atoms with Gasteiger partial charge in [-0.25, -0.2) is 4.39 Å². The molecule has 1 fully saturated rings. The molecule has 3 heteroatoms. The first-order valence-electron chi connectivity index (χ1n) is 7.17. The minimum atomic E-state index is -0.0915. The highest BCUT2D eigenvalue weighted by molar-refractivity contribution is 5.31. The van der Waals surface area contributed by atoms with Gasteiger partial charge in [0.05, 0.1) is 0 Å². The lowest BCUT2D eigenvalue weighted by molar-refractivity contribution is 0.0911. The van der Waals surface area contributed by atoms with E-state index in [2.05, 4.69) is 19.2 Å². The molecule has 0 spiro atoms. The van der Waals surface area contributed by atoms with Crippen LogP contribution >= 0.6 is 0 Å². The van der Waals surface area contributed by atoms with Crippen molar-refractivity contribution in [1.29, 1.82) is 0 Å². The summed E-state index contributed by atoms with van der Waals surface area (Å²) >= 11 is 0. The molecule has 106 valence electrons. The molecule has 0 atom stereocenters. The van der Waals surface area contributed by atoms with Crippen molar-refractivity contribution in [3.05, 3.63) is 35.6 Å². The summed E-state index contributed by atoms with van der Waals surface area (Å²) < 4.78 is 19.6. The van der Waals surface area contributed by atoms with Crippen LogP contribution < -0.4 is 5.32 Å². The molecule has 1 N–H and O–H groups in total. The first-order valence-corrected chi connectivity index (χ1v) is 7.17. The van der Waals surface area contributed by atoms with Crippen LogP contribution in [0.15, 0.2) is 24.3 Å². The number of hydrogen-bond donors (Lipinski definition) is 1. The summed E-state index contributed by atoms with van der Waals surface area (Å²) in [4.78, 5) is 0. The minimum Gasteiger partial charge on any atom is -0.381 e. The van der Waals surface area contributed by atoms with Gasteiger partial charge in [-0.1, -0.05) is 32.0 Å². The summed E-state index contributed by atoms with van der Waals surface area (Å²) in [6, 6.07) is 7.12. The van der Waals surface area contributed by atoms with E-state index >= 15 is 0 Å². The summed E-state index contributed by atoms with van der Waals surface area (Å²) in [5.41, 5.74) is 0.768. The van der Waals surface area contributed by atoms with Gasteiger partial charge in [0.15, 0.2) is 0 Å². The number of halogens is 1. The van der Waals surface area contributed by atoms with Gasteiger partial charge in [0, 0.05) is 31.7 Å². The molecular formula is C16H24FNO. The molecule has 1 heterocycles. The molecule has 1 aliphatic rings. The van der Waals surface area contributed by atoms with Gasteiger partial charge >= 0.3 is 0 Å². The second kappa shape index (κ2) is 6.49. The fourth-order valence-electron chi connectivity index (χ4n) is 2.51. The second-order valence-corrected chi connectivity index (χ2v) is 5.91. The fraction of sp³-hybridized carbons (Fsp3) is 0.625. The van der Waals surface area contributed by atoms with Crippen molar-refractivity contribution in [3.8, 4) is 0 Å². The van der Waals surface area contributed by atoms with Crippen molar-refractivity contribution in [1.82, 2.24) is 5.32 Å². The van der Waals surface area contributed by atoms with Crippen LogP contribution in [0.2, 0.25) is 0 Å². The molecule has 2 rings (SSSR count). The van der Waals surface area contributed by atoms with E-state index in [1.165, 1.54) is 0 Å². The van der Waals surface area contributed by atoms with E-state index in [4.69, 9.17) is 4.74 Å². The normalized spacial score (nSPS) is 17.5. The van der Waals surface area contributed by atoms with Crippen LogP contribution in [0.1, 0.15) is 32.3 Å². The fourth-order valence-corrected chi connectivity index (χ4v) is 2.51. The molecule has 0 radical (unpaired) electrons.